The zero-order valence-corrected chi connectivity index (χ0v) is 16.8. The third-order valence-electron chi connectivity index (χ3n) is 4.81. The number of carbonyl (C=O) groups excluding carboxylic acids is 1. The van der Waals surface area contributed by atoms with Gasteiger partial charge >= 0.3 is 0 Å². The Morgan fingerprint density at radius 3 is 2.66 bits per heavy atom. The molecule has 1 atom stereocenters. The lowest BCUT2D eigenvalue weighted by Crippen LogP contribution is -2.36. The maximum Gasteiger partial charge on any atom is 0.277 e. The molecule has 148 valence electrons. The second-order valence-electron chi connectivity index (χ2n) is 7.46. The number of aromatic nitrogens is 2. The van der Waals surface area contributed by atoms with Gasteiger partial charge in [-0.3, -0.25) is 4.79 Å². The number of nitrogens with one attached hydrogen (secondary N) is 1. The van der Waals surface area contributed by atoms with E-state index in [0.717, 1.165) is 23.5 Å². The van der Waals surface area contributed by atoms with Gasteiger partial charge in [0.05, 0.1) is 6.10 Å². The summed E-state index contributed by atoms with van der Waals surface area (Å²) in [5.41, 5.74) is 3.37. The number of para-hydroxylation sites is 1. The molecular weight excluding hydrogens is 364 g/mol. The second kappa shape index (κ2) is 7.91. The minimum absolute atomic E-state index is 0.0970. The number of fused-ring (bicyclic) bond motifs is 1. The molecule has 1 N–H and O–H groups in total. The fourth-order valence-corrected chi connectivity index (χ4v) is 3.58. The van der Waals surface area contributed by atoms with Crippen molar-refractivity contribution in [1.29, 1.82) is 0 Å². The van der Waals surface area contributed by atoms with Gasteiger partial charge in [-0.2, -0.15) is 0 Å². The number of nitrogens with zero attached hydrogens (tertiary/aromatic N) is 3. The molecule has 1 aliphatic rings. The van der Waals surface area contributed by atoms with Gasteiger partial charge in [0, 0.05) is 23.5 Å². The summed E-state index contributed by atoms with van der Waals surface area (Å²) in [4.78, 5) is 23.5. The summed E-state index contributed by atoms with van der Waals surface area (Å²) < 4.78 is 5.66. The minimum atomic E-state index is -0.117. The Hall–Kier alpha value is -3.41. The Bertz CT molecular complexity index is 1020. The van der Waals surface area contributed by atoms with Gasteiger partial charge in [-0.1, -0.05) is 18.2 Å². The van der Waals surface area contributed by atoms with E-state index in [1.807, 2.05) is 61.2 Å². The molecule has 2 heterocycles. The van der Waals surface area contributed by atoms with Crippen molar-refractivity contribution in [2.45, 2.75) is 39.3 Å². The molecule has 0 saturated carbocycles. The Kier molecular flexibility index (Phi) is 5.16. The van der Waals surface area contributed by atoms with Gasteiger partial charge in [0.2, 0.25) is 0 Å². The number of anilines is 3. The molecule has 0 fully saturated rings. The van der Waals surface area contributed by atoms with E-state index in [9.17, 15) is 4.79 Å². The Labute approximate surface area is 170 Å². The molecule has 0 spiro atoms. The SMILES string of the molecule is CC(C)Oc1ccc(Nc2cc(C(=O)N3c4ccccc4CC3C)ncn2)cc1. The summed E-state index contributed by atoms with van der Waals surface area (Å²) >= 11 is 0. The summed E-state index contributed by atoms with van der Waals surface area (Å²) in [5.74, 6) is 1.26. The second-order valence-corrected chi connectivity index (χ2v) is 7.46. The van der Waals surface area contributed by atoms with Crippen LogP contribution in [0.3, 0.4) is 0 Å². The summed E-state index contributed by atoms with van der Waals surface area (Å²) in [5, 5.41) is 3.22. The maximum absolute atomic E-state index is 13.2. The van der Waals surface area contributed by atoms with Gasteiger partial charge in [-0.15, -0.1) is 0 Å². The van der Waals surface area contributed by atoms with Crippen LogP contribution in [0.5, 0.6) is 5.75 Å². The highest BCUT2D eigenvalue weighted by Crippen LogP contribution is 2.33. The van der Waals surface area contributed by atoms with E-state index in [0.29, 0.717) is 11.5 Å². The third-order valence-corrected chi connectivity index (χ3v) is 4.81. The van der Waals surface area contributed by atoms with E-state index in [2.05, 4.69) is 28.3 Å². The summed E-state index contributed by atoms with van der Waals surface area (Å²) in [6.45, 7) is 6.04. The van der Waals surface area contributed by atoms with E-state index in [1.54, 1.807) is 6.07 Å². The van der Waals surface area contributed by atoms with Gasteiger partial charge in [-0.05, 0) is 63.1 Å². The minimum Gasteiger partial charge on any atom is -0.491 e. The predicted molar refractivity (Wildman–Crippen MR) is 114 cm³/mol. The summed E-state index contributed by atoms with van der Waals surface area (Å²) in [7, 11) is 0. The highest BCUT2D eigenvalue weighted by atomic mass is 16.5. The van der Waals surface area contributed by atoms with E-state index in [4.69, 9.17) is 4.74 Å². The van der Waals surface area contributed by atoms with Crippen molar-refractivity contribution in [2.24, 2.45) is 0 Å². The van der Waals surface area contributed by atoms with Gasteiger partial charge in [0.25, 0.3) is 5.91 Å². The zero-order chi connectivity index (χ0) is 20.4. The van der Waals surface area contributed by atoms with Crippen molar-refractivity contribution < 1.29 is 9.53 Å². The number of rotatable bonds is 5. The van der Waals surface area contributed by atoms with Crippen molar-refractivity contribution >= 4 is 23.1 Å². The number of ether oxygens (including phenoxy) is 1. The maximum atomic E-state index is 13.2. The number of hydrogen-bond acceptors (Lipinski definition) is 5. The lowest BCUT2D eigenvalue weighted by molar-refractivity contribution is 0.0976. The highest BCUT2D eigenvalue weighted by Gasteiger charge is 2.31. The van der Waals surface area contributed by atoms with Gasteiger partial charge in [0.15, 0.2) is 0 Å². The van der Waals surface area contributed by atoms with E-state index in [-0.39, 0.29) is 18.1 Å². The average Bonchev–Trinajstić information content (AvgIpc) is 3.04. The molecule has 1 aromatic heterocycles. The summed E-state index contributed by atoms with van der Waals surface area (Å²) in [6.07, 6.45) is 2.39. The van der Waals surface area contributed by atoms with Crippen LogP contribution in [-0.4, -0.2) is 28.0 Å². The standard InChI is InChI=1S/C23H24N4O2/c1-15(2)29-19-10-8-18(9-11-19)26-22-13-20(24-14-25-22)23(28)27-16(3)12-17-6-4-5-7-21(17)27/h4-11,13-16H,12H2,1-3H3,(H,24,25,26). The quantitative estimate of drug-likeness (QED) is 0.692. The number of carbonyl (C=O) groups is 1. The van der Waals surface area contributed by atoms with Crippen LogP contribution >= 0.6 is 0 Å². The van der Waals surface area contributed by atoms with Crippen LogP contribution in [0.15, 0.2) is 60.9 Å². The van der Waals surface area contributed by atoms with Crippen molar-refractivity contribution in [3.8, 4) is 5.75 Å². The highest BCUT2D eigenvalue weighted by molar-refractivity contribution is 6.06. The Morgan fingerprint density at radius 2 is 1.90 bits per heavy atom. The molecule has 1 unspecified atom stereocenters. The molecule has 1 amide bonds. The zero-order valence-electron chi connectivity index (χ0n) is 16.8. The van der Waals surface area contributed by atoms with Gasteiger partial charge in [0.1, 0.15) is 23.6 Å². The van der Waals surface area contributed by atoms with Crippen LogP contribution in [0.2, 0.25) is 0 Å². The molecule has 3 aromatic rings. The monoisotopic (exact) mass is 388 g/mol. The van der Waals surface area contributed by atoms with E-state index in [1.165, 1.54) is 11.9 Å². The number of benzene rings is 2. The van der Waals surface area contributed by atoms with Crippen LogP contribution in [0.1, 0.15) is 36.8 Å². The molecule has 0 saturated heterocycles. The first-order chi connectivity index (χ1) is 14.0. The Balaban J connectivity index is 1.52. The molecule has 29 heavy (non-hydrogen) atoms. The van der Waals surface area contributed by atoms with Crippen molar-refractivity contribution in [2.75, 3.05) is 10.2 Å². The topological polar surface area (TPSA) is 67.3 Å². The lowest BCUT2D eigenvalue weighted by Gasteiger charge is -2.22. The van der Waals surface area contributed by atoms with Gasteiger partial charge < -0.3 is 15.0 Å². The fraction of sp³-hybridized carbons (Fsp3) is 0.261. The normalized spacial score (nSPS) is 15.3. The van der Waals surface area contributed by atoms with Crippen LogP contribution in [0, 0.1) is 0 Å². The van der Waals surface area contributed by atoms with Gasteiger partial charge in [-0.25, -0.2) is 9.97 Å². The van der Waals surface area contributed by atoms with Crippen LogP contribution < -0.4 is 15.0 Å². The van der Waals surface area contributed by atoms with Crippen molar-refractivity contribution in [3.63, 3.8) is 0 Å². The smallest absolute Gasteiger partial charge is 0.277 e. The Morgan fingerprint density at radius 1 is 1.14 bits per heavy atom. The summed E-state index contributed by atoms with van der Waals surface area (Å²) in [6, 6.07) is 17.4. The number of hydrogen-bond donors (Lipinski definition) is 1. The molecule has 0 bridgehead atoms. The molecule has 4 rings (SSSR count). The third kappa shape index (κ3) is 4.06. The molecule has 6 heteroatoms. The molecule has 6 nitrogen and oxygen atoms in total. The lowest BCUT2D eigenvalue weighted by atomic mass is 10.1. The van der Waals surface area contributed by atoms with Crippen LogP contribution in [-0.2, 0) is 6.42 Å². The fourth-order valence-electron chi connectivity index (χ4n) is 3.58. The largest absolute Gasteiger partial charge is 0.491 e. The molecular formula is C23H24N4O2. The van der Waals surface area contributed by atoms with E-state index >= 15 is 0 Å². The average molecular weight is 388 g/mol. The molecule has 2 aromatic carbocycles. The first kappa shape index (κ1) is 18.9. The van der Waals surface area contributed by atoms with Crippen LogP contribution in [0.25, 0.3) is 0 Å². The van der Waals surface area contributed by atoms with Crippen molar-refractivity contribution in [3.05, 3.63) is 72.2 Å². The van der Waals surface area contributed by atoms with Crippen molar-refractivity contribution in [1.82, 2.24) is 9.97 Å². The predicted octanol–water partition coefficient (Wildman–Crippen LogP) is 4.60. The van der Waals surface area contributed by atoms with E-state index < -0.39 is 0 Å². The number of amides is 1. The first-order valence-corrected chi connectivity index (χ1v) is 9.78. The molecule has 1 aliphatic heterocycles. The van der Waals surface area contributed by atoms with Crippen LogP contribution in [0.4, 0.5) is 17.2 Å². The molecule has 0 radical (unpaired) electrons. The molecule has 0 aliphatic carbocycles. The first-order valence-electron chi connectivity index (χ1n) is 9.78.